The van der Waals surface area contributed by atoms with E-state index in [0.717, 1.165) is 12.3 Å². The standard InChI is InChI=1S/C25H41NO2/c1-19(2)24-15-14-20(3)16-25(24)28-18-23(27)17-26(21-10-6-4-7-11-21)22-12-8-5-9-13-22/h14-16,19,21-23,27H,4-13,17-18H2,1-3H3/t23-/m1/s1. The Bertz CT molecular complexity index is 570. The Morgan fingerprint density at radius 3 is 2.07 bits per heavy atom. The van der Waals surface area contributed by atoms with Gasteiger partial charge in [-0.3, -0.25) is 4.90 Å². The number of aliphatic hydroxyl groups excluding tert-OH is 1. The van der Waals surface area contributed by atoms with Crippen LogP contribution in [0.3, 0.4) is 0 Å². The van der Waals surface area contributed by atoms with Gasteiger partial charge in [0.15, 0.2) is 0 Å². The molecule has 0 aromatic heterocycles. The highest BCUT2D eigenvalue weighted by Crippen LogP contribution is 2.31. The van der Waals surface area contributed by atoms with Crippen molar-refractivity contribution >= 4 is 0 Å². The second-order valence-electron chi connectivity index (χ2n) is 9.44. The fourth-order valence-corrected chi connectivity index (χ4v) is 5.15. The lowest BCUT2D eigenvalue weighted by atomic mass is 9.88. The van der Waals surface area contributed by atoms with Crippen molar-refractivity contribution in [1.82, 2.24) is 4.90 Å². The van der Waals surface area contributed by atoms with E-state index in [1.165, 1.54) is 75.3 Å². The molecule has 0 saturated heterocycles. The second kappa shape index (κ2) is 10.6. The minimum atomic E-state index is -0.427. The van der Waals surface area contributed by atoms with Crippen molar-refractivity contribution in [2.45, 2.75) is 109 Å². The molecule has 2 aliphatic carbocycles. The van der Waals surface area contributed by atoms with Gasteiger partial charge in [0.2, 0.25) is 0 Å². The first-order valence-electron chi connectivity index (χ1n) is 11.7. The molecule has 0 aliphatic heterocycles. The van der Waals surface area contributed by atoms with E-state index >= 15 is 0 Å². The van der Waals surface area contributed by atoms with Gasteiger partial charge in [-0.1, -0.05) is 64.5 Å². The molecular weight excluding hydrogens is 346 g/mol. The summed E-state index contributed by atoms with van der Waals surface area (Å²) in [5.74, 6) is 1.37. The lowest BCUT2D eigenvalue weighted by molar-refractivity contribution is 0.0116. The van der Waals surface area contributed by atoms with Crippen molar-refractivity contribution in [3.05, 3.63) is 29.3 Å². The van der Waals surface area contributed by atoms with Crippen LogP contribution in [0.2, 0.25) is 0 Å². The van der Waals surface area contributed by atoms with Gasteiger partial charge in [-0.05, 0) is 55.7 Å². The van der Waals surface area contributed by atoms with E-state index in [9.17, 15) is 5.11 Å². The van der Waals surface area contributed by atoms with Crippen LogP contribution in [-0.2, 0) is 0 Å². The number of ether oxygens (including phenoxy) is 1. The predicted molar refractivity (Wildman–Crippen MR) is 117 cm³/mol. The highest BCUT2D eigenvalue weighted by molar-refractivity contribution is 5.39. The third kappa shape index (κ3) is 5.97. The van der Waals surface area contributed by atoms with E-state index in [-0.39, 0.29) is 0 Å². The lowest BCUT2D eigenvalue weighted by Crippen LogP contribution is -2.49. The SMILES string of the molecule is Cc1ccc(C(C)C)c(OC[C@H](O)CN(C2CCCCC2)C2CCCCC2)c1. The molecule has 1 atom stereocenters. The highest BCUT2D eigenvalue weighted by atomic mass is 16.5. The molecule has 1 aromatic rings. The Hall–Kier alpha value is -1.06. The zero-order valence-electron chi connectivity index (χ0n) is 18.3. The van der Waals surface area contributed by atoms with E-state index in [2.05, 4.69) is 43.9 Å². The van der Waals surface area contributed by atoms with Crippen LogP contribution in [0.5, 0.6) is 5.75 Å². The summed E-state index contributed by atoms with van der Waals surface area (Å²) in [5.41, 5.74) is 2.44. The molecule has 0 bridgehead atoms. The van der Waals surface area contributed by atoms with Crippen LogP contribution >= 0.6 is 0 Å². The fourth-order valence-electron chi connectivity index (χ4n) is 5.15. The molecule has 158 valence electrons. The summed E-state index contributed by atoms with van der Waals surface area (Å²) in [6, 6.07) is 7.75. The molecule has 3 heteroatoms. The van der Waals surface area contributed by atoms with Gasteiger partial charge in [0.1, 0.15) is 18.5 Å². The average molecular weight is 388 g/mol. The zero-order chi connectivity index (χ0) is 19.9. The summed E-state index contributed by atoms with van der Waals surface area (Å²) in [6.07, 6.45) is 13.0. The fraction of sp³-hybridized carbons (Fsp3) is 0.760. The third-order valence-corrected chi connectivity index (χ3v) is 6.73. The van der Waals surface area contributed by atoms with Crippen LogP contribution in [0.1, 0.15) is 95.1 Å². The van der Waals surface area contributed by atoms with E-state index in [4.69, 9.17) is 4.74 Å². The number of hydrogen-bond acceptors (Lipinski definition) is 3. The van der Waals surface area contributed by atoms with Crippen LogP contribution in [0, 0.1) is 6.92 Å². The topological polar surface area (TPSA) is 32.7 Å². The van der Waals surface area contributed by atoms with Crippen molar-refractivity contribution < 1.29 is 9.84 Å². The molecule has 0 radical (unpaired) electrons. The van der Waals surface area contributed by atoms with Gasteiger partial charge in [-0.2, -0.15) is 0 Å². The van der Waals surface area contributed by atoms with E-state index in [1.54, 1.807) is 0 Å². The molecule has 3 nitrogen and oxygen atoms in total. The number of hydrogen-bond donors (Lipinski definition) is 1. The van der Waals surface area contributed by atoms with E-state index in [1.807, 2.05) is 0 Å². The maximum atomic E-state index is 10.9. The van der Waals surface area contributed by atoms with Crippen molar-refractivity contribution in [3.63, 3.8) is 0 Å². The molecule has 3 rings (SSSR count). The Morgan fingerprint density at radius 1 is 0.964 bits per heavy atom. The van der Waals surface area contributed by atoms with Gasteiger partial charge in [0.25, 0.3) is 0 Å². The summed E-state index contributed by atoms with van der Waals surface area (Å²) in [7, 11) is 0. The molecule has 1 aromatic carbocycles. The second-order valence-corrected chi connectivity index (χ2v) is 9.44. The maximum absolute atomic E-state index is 10.9. The van der Waals surface area contributed by atoms with E-state index in [0.29, 0.717) is 24.6 Å². The normalized spacial score (nSPS) is 20.6. The maximum Gasteiger partial charge on any atom is 0.123 e. The first-order valence-corrected chi connectivity index (χ1v) is 11.7. The molecule has 0 spiro atoms. The number of nitrogens with zero attached hydrogens (tertiary/aromatic N) is 1. The number of benzene rings is 1. The van der Waals surface area contributed by atoms with Crippen molar-refractivity contribution in [3.8, 4) is 5.75 Å². The van der Waals surface area contributed by atoms with Crippen molar-refractivity contribution in [2.24, 2.45) is 0 Å². The average Bonchev–Trinajstić information content (AvgIpc) is 2.71. The van der Waals surface area contributed by atoms with Crippen LogP contribution < -0.4 is 4.74 Å². The monoisotopic (exact) mass is 387 g/mol. The van der Waals surface area contributed by atoms with Gasteiger partial charge in [-0.15, -0.1) is 0 Å². The largest absolute Gasteiger partial charge is 0.491 e. The minimum absolute atomic E-state index is 0.388. The number of aliphatic hydroxyl groups is 1. The summed E-state index contributed by atoms with van der Waals surface area (Å²) in [6.45, 7) is 7.64. The molecular formula is C25H41NO2. The van der Waals surface area contributed by atoms with Gasteiger partial charge < -0.3 is 9.84 Å². The highest BCUT2D eigenvalue weighted by Gasteiger charge is 2.30. The van der Waals surface area contributed by atoms with Gasteiger partial charge in [-0.25, -0.2) is 0 Å². The lowest BCUT2D eigenvalue weighted by Gasteiger charge is -2.42. The molecule has 0 unspecified atom stereocenters. The van der Waals surface area contributed by atoms with Crippen LogP contribution in [0.25, 0.3) is 0 Å². The zero-order valence-corrected chi connectivity index (χ0v) is 18.3. The van der Waals surface area contributed by atoms with Crippen LogP contribution in [-0.4, -0.2) is 41.3 Å². The summed E-state index contributed by atoms with van der Waals surface area (Å²) in [5, 5.41) is 10.9. The Morgan fingerprint density at radius 2 is 1.54 bits per heavy atom. The van der Waals surface area contributed by atoms with Crippen LogP contribution in [0.15, 0.2) is 18.2 Å². The smallest absolute Gasteiger partial charge is 0.123 e. The molecule has 2 saturated carbocycles. The van der Waals surface area contributed by atoms with Crippen molar-refractivity contribution in [1.29, 1.82) is 0 Å². The minimum Gasteiger partial charge on any atom is -0.491 e. The number of rotatable bonds is 8. The molecule has 0 amide bonds. The summed E-state index contributed by atoms with van der Waals surface area (Å²) >= 11 is 0. The summed E-state index contributed by atoms with van der Waals surface area (Å²) in [4.78, 5) is 2.67. The molecule has 0 heterocycles. The van der Waals surface area contributed by atoms with Crippen LogP contribution in [0.4, 0.5) is 0 Å². The van der Waals surface area contributed by atoms with E-state index < -0.39 is 6.10 Å². The van der Waals surface area contributed by atoms with Gasteiger partial charge >= 0.3 is 0 Å². The predicted octanol–water partition coefficient (Wildman–Crippen LogP) is 5.83. The first-order chi connectivity index (χ1) is 13.5. The Balaban J connectivity index is 1.61. The van der Waals surface area contributed by atoms with Gasteiger partial charge in [0, 0.05) is 18.6 Å². The molecule has 2 fully saturated rings. The molecule has 28 heavy (non-hydrogen) atoms. The Kier molecular flexibility index (Phi) is 8.23. The molecule has 2 aliphatic rings. The quantitative estimate of drug-likeness (QED) is 0.609. The first kappa shape index (κ1) is 21.6. The number of aryl methyl sites for hydroxylation is 1. The molecule has 1 N–H and O–H groups in total. The van der Waals surface area contributed by atoms with Gasteiger partial charge in [0.05, 0.1) is 0 Å². The third-order valence-electron chi connectivity index (χ3n) is 6.73. The summed E-state index contributed by atoms with van der Waals surface area (Å²) < 4.78 is 6.14. The van der Waals surface area contributed by atoms with Crippen molar-refractivity contribution in [2.75, 3.05) is 13.2 Å². The Labute approximate surface area is 172 Å².